The Balaban J connectivity index is 2.21. The van der Waals surface area contributed by atoms with E-state index in [0.717, 1.165) is 3.57 Å². The summed E-state index contributed by atoms with van der Waals surface area (Å²) in [5, 5.41) is 10.4. The Hall–Kier alpha value is -1.44. The number of carbonyl (C=O) groups excluding carboxylic acids is 1. The van der Waals surface area contributed by atoms with Gasteiger partial charge in [0.05, 0.1) is 0 Å². The second-order valence-corrected chi connectivity index (χ2v) is 6.36. The lowest BCUT2D eigenvalue weighted by Gasteiger charge is -2.15. The van der Waals surface area contributed by atoms with Gasteiger partial charge < -0.3 is 4.74 Å². The number of esters is 1. The Kier molecular flexibility index (Phi) is 3.88. The lowest BCUT2D eigenvalue weighted by molar-refractivity contribution is 0.0726. The van der Waals surface area contributed by atoms with Gasteiger partial charge in [-0.05, 0) is 46.9 Å². The van der Waals surface area contributed by atoms with E-state index in [1.807, 2.05) is 32.9 Å². The highest BCUT2D eigenvalue weighted by Gasteiger charge is 2.27. The van der Waals surface area contributed by atoms with Crippen molar-refractivity contribution in [1.82, 2.24) is 15.4 Å². The van der Waals surface area contributed by atoms with E-state index in [1.165, 1.54) is 0 Å². The number of aromatic amines is 1. The number of nitrogens with zero attached hydrogens (tertiary/aromatic N) is 2. The molecule has 0 aliphatic heterocycles. The first kappa shape index (κ1) is 14.0. The minimum Gasteiger partial charge on any atom is -0.422 e. The Morgan fingerprint density at radius 3 is 2.42 bits per heavy atom. The van der Waals surface area contributed by atoms with Crippen molar-refractivity contribution in [2.45, 2.75) is 26.2 Å². The normalized spacial score (nSPS) is 11.4. The minimum atomic E-state index is -0.500. The highest BCUT2D eigenvalue weighted by Crippen LogP contribution is 2.23. The number of ether oxygens (including phenoxy) is 1. The van der Waals surface area contributed by atoms with E-state index in [-0.39, 0.29) is 11.1 Å². The highest BCUT2D eigenvalue weighted by molar-refractivity contribution is 14.1. The Bertz CT molecular complexity index is 585. The van der Waals surface area contributed by atoms with Gasteiger partial charge in [-0.2, -0.15) is 10.3 Å². The van der Waals surface area contributed by atoms with Gasteiger partial charge in [-0.1, -0.05) is 20.8 Å². The van der Waals surface area contributed by atoms with Gasteiger partial charge >= 0.3 is 5.97 Å². The van der Waals surface area contributed by atoms with Crippen LogP contribution < -0.4 is 4.74 Å². The van der Waals surface area contributed by atoms with Gasteiger partial charge in [0.1, 0.15) is 11.4 Å². The molecule has 19 heavy (non-hydrogen) atoms. The average Bonchev–Trinajstić information content (AvgIpc) is 2.81. The molecule has 2 aromatic rings. The number of rotatable bonds is 2. The predicted molar refractivity (Wildman–Crippen MR) is 79.2 cm³/mol. The number of H-pyrrole nitrogens is 1. The number of hydrogen-bond acceptors (Lipinski definition) is 4. The van der Waals surface area contributed by atoms with Crippen LogP contribution in [0.25, 0.3) is 0 Å². The molecule has 1 aromatic heterocycles. The molecule has 0 aliphatic carbocycles. The largest absolute Gasteiger partial charge is 0.422 e. The van der Waals surface area contributed by atoms with Crippen molar-refractivity contribution < 1.29 is 9.53 Å². The molecule has 100 valence electrons. The van der Waals surface area contributed by atoms with Crippen molar-refractivity contribution in [3.05, 3.63) is 39.2 Å². The van der Waals surface area contributed by atoms with Crippen LogP contribution in [-0.4, -0.2) is 21.4 Å². The van der Waals surface area contributed by atoms with Gasteiger partial charge in [0.15, 0.2) is 5.69 Å². The number of benzene rings is 1. The maximum Gasteiger partial charge on any atom is 0.366 e. The molecule has 0 atom stereocenters. The van der Waals surface area contributed by atoms with E-state index in [1.54, 1.807) is 12.1 Å². The van der Waals surface area contributed by atoms with Crippen molar-refractivity contribution >= 4 is 28.6 Å². The van der Waals surface area contributed by atoms with Crippen molar-refractivity contribution in [3.63, 3.8) is 0 Å². The minimum absolute atomic E-state index is 0.228. The average molecular weight is 371 g/mol. The van der Waals surface area contributed by atoms with E-state index in [0.29, 0.717) is 11.4 Å². The molecule has 1 N–H and O–H groups in total. The molecule has 0 amide bonds. The van der Waals surface area contributed by atoms with Gasteiger partial charge in [-0.3, -0.25) is 0 Å². The van der Waals surface area contributed by atoms with E-state index < -0.39 is 5.97 Å². The Morgan fingerprint density at radius 2 is 1.84 bits per heavy atom. The summed E-state index contributed by atoms with van der Waals surface area (Å²) in [7, 11) is 0. The van der Waals surface area contributed by atoms with Crippen LogP contribution >= 0.6 is 22.6 Å². The van der Waals surface area contributed by atoms with Gasteiger partial charge in [0.2, 0.25) is 0 Å². The van der Waals surface area contributed by atoms with Crippen LogP contribution in [0.1, 0.15) is 37.0 Å². The van der Waals surface area contributed by atoms with E-state index in [4.69, 9.17) is 4.74 Å². The summed E-state index contributed by atoms with van der Waals surface area (Å²) in [6, 6.07) is 7.24. The van der Waals surface area contributed by atoms with Gasteiger partial charge in [0.25, 0.3) is 0 Å². The number of hydrogen-bond donors (Lipinski definition) is 1. The SMILES string of the molecule is CC(C)(C)c1n[nH]nc1C(=O)Oc1ccc(I)cc1. The van der Waals surface area contributed by atoms with Crippen molar-refractivity contribution in [1.29, 1.82) is 0 Å². The first-order valence-electron chi connectivity index (χ1n) is 5.77. The molecule has 0 radical (unpaired) electrons. The fourth-order valence-electron chi connectivity index (χ4n) is 1.55. The van der Waals surface area contributed by atoms with Crippen molar-refractivity contribution in [2.24, 2.45) is 0 Å². The highest BCUT2D eigenvalue weighted by atomic mass is 127. The van der Waals surface area contributed by atoms with Crippen molar-refractivity contribution in [3.8, 4) is 5.75 Å². The van der Waals surface area contributed by atoms with Gasteiger partial charge in [-0.15, -0.1) is 5.10 Å². The summed E-state index contributed by atoms with van der Waals surface area (Å²) >= 11 is 2.19. The van der Waals surface area contributed by atoms with Crippen LogP contribution in [0.2, 0.25) is 0 Å². The molecule has 6 heteroatoms. The van der Waals surface area contributed by atoms with Crippen LogP contribution in [0.5, 0.6) is 5.75 Å². The summed E-state index contributed by atoms with van der Waals surface area (Å²) in [6.07, 6.45) is 0. The third kappa shape index (κ3) is 3.31. The zero-order valence-corrected chi connectivity index (χ0v) is 13.1. The topological polar surface area (TPSA) is 67.9 Å². The van der Waals surface area contributed by atoms with Crippen molar-refractivity contribution in [2.75, 3.05) is 0 Å². The van der Waals surface area contributed by atoms with E-state index >= 15 is 0 Å². The molecule has 1 heterocycles. The second-order valence-electron chi connectivity index (χ2n) is 5.11. The molecule has 0 fully saturated rings. The lowest BCUT2D eigenvalue weighted by Crippen LogP contribution is -2.19. The van der Waals surface area contributed by atoms with Crippen LogP contribution in [-0.2, 0) is 5.41 Å². The Labute approximate surface area is 124 Å². The summed E-state index contributed by atoms with van der Waals surface area (Å²) in [4.78, 5) is 12.1. The summed E-state index contributed by atoms with van der Waals surface area (Å²) in [5.74, 6) is -0.00633. The third-order valence-corrected chi connectivity index (χ3v) is 3.20. The monoisotopic (exact) mass is 371 g/mol. The first-order chi connectivity index (χ1) is 8.88. The smallest absolute Gasteiger partial charge is 0.366 e. The Morgan fingerprint density at radius 1 is 1.21 bits per heavy atom. The predicted octanol–water partition coefficient (Wildman–Crippen LogP) is 2.93. The van der Waals surface area contributed by atoms with Gasteiger partial charge in [-0.25, -0.2) is 4.79 Å². The summed E-state index contributed by atoms with van der Waals surface area (Å²) < 4.78 is 6.36. The van der Waals surface area contributed by atoms with Crippen LogP contribution in [0.15, 0.2) is 24.3 Å². The quantitative estimate of drug-likeness (QED) is 0.501. The van der Waals surface area contributed by atoms with E-state index in [2.05, 4.69) is 38.0 Å². The molecule has 0 spiro atoms. The van der Waals surface area contributed by atoms with E-state index in [9.17, 15) is 4.79 Å². The number of aromatic nitrogens is 3. The molecule has 0 saturated carbocycles. The number of nitrogens with one attached hydrogen (secondary N) is 1. The third-order valence-electron chi connectivity index (χ3n) is 2.48. The summed E-state index contributed by atoms with van der Waals surface area (Å²) in [5.41, 5.74) is 0.557. The molecular weight excluding hydrogens is 357 g/mol. The molecule has 2 rings (SSSR count). The molecular formula is C13H14IN3O2. The maximum absolute atomic E-state index is 12.1. The van der Waals surface area contributed by atoms with Crippen LogP contribution in [0, 0.1) is 3.57 Å². The summed E-state index contributed by atoms with van der Waals surface area (Å²) in [6.45, 7) is 5.89. The molecule has 0 unspecified atom stereocenters. The van der Waals surface area contributed by atoms with Gasteiger partial charge in [0, 0.05) is 8.99 Å². The first-order valence-corrected chi connectivity index (χ1v) is 6.85. The molecule has 0 saturated heterocycles. The maximum atomic E-state index is 12.1. The number of carbonyl (C=O) groups is 1. The fraction of sp³-hybridized carbons (Fsp3) is 0.308. The zero-order chi connectivity index (χ0) is 14.0. The number of halogens is 1. The second kappa shape index (κ2) is 5.28. The molecule has 5 nitrogen and oxygen atoms in total. The molecule has 0 aliphatic rings. The van der Waals surface area contributed by atoms with Crippen LogP contribution in [0.3, 0.4) is 0 Å². The van der Waals surface area contributed by atoms with Crippen LogP contribution in [0.4, 0.5) is 0 Å². The zero-order valence-electron chi connectivity index (χ0n) is 10.9. The fourth-order valence-corrected chi connectivity index (χ4v) is 1.91. The molecule has 1 aromatic carbocycles. The lowest BCUT2D eigenvalue weighted by atomic mass is 9.91. The molecule has 0 bridgehead atoms. The standard InChI is InChI=1S/C13H14IN3O2/c1-13(2,3)11-10(15-17-16-11)12(18)19-9-6-4-8(14)5-7-9/h4-7H,1-3H3,(H,15,16,17).